The summed E-state index contributed by atoms with van der Waals surface area (Å²) in [7, 11) is 1.50. The molecule has 1 amide bonds. The summed E-state index contributed by atoms with van der Waals surface area (Å²) in [6, 6.07) is 7.99. The molecule has 0 spiro atoms. The minimum absolute atomic E-state index is 0.0689. The molecule has 1 saturated heterocycles. The fourth-order valence-corrected chi connectivity index (χ4v) is 3.62. The van der Waals surface area contributed by atoms with Crippen LogP contribution < -0.4 is 0 Å². The molecule has 9 nitrogen and oxygen atoms in total. The number of hydrogen-bond acceptors (Lipinski definition) is 7. The summed E-state index contributed by atoms with van der Waals surface area (Å²) in [6.07, 6.45) is 1.45. The number of nitrogens with zero attached hydrogens (tertiary/aromatic N) is 3. The number of halogens is 1. The van der Waals surface area contributed by atoms with E-state index in [0.29, 0.717) is 16.4 Å². The number of nitro benzene ring substituents is 1. The van der Waals surface area contributed by atoms with Crippen molar-refractivity contribution >= 4 is 57.9 Å². The maximum atomic E-state index is 12.5. The average molecular weight is 434 g/mol. The molecule has 29 heavy (non-hydrogen) atoms. The first-order valence-electron chi connectivity index (χ1n) is 7.94. The highest BCUT2D eigenvalue weighted by Crippen LogP contribution is 2.35. The molecule has 0 unspecified atom stereocenters. The lowest BCUT2D eigenvalue weighted by atomic mass is 10.1. The van der Waals surface area contributed by atoms with E-state index in [9.17, 15) is 24.8 Å². The van der Waals surface area contributed by atoms with Crippen LogP contribution in [0.15, 0.2) is 46.3 Å². The fourth-order valence-electron chi connectivity index (χ4n) is 2.44. The predicted octanol–water partition coefficient (Wildman–Crippen LogP) is 3.89. The topological polar surface area (TPSA) is 133 Å². The van der Waals surface area contributed by atoms with Crippen LogP contribution in [0.25, 0.3) is 6.08 Å². The van der Waals surface area contributed by atoms with Crippen LogP contribution in [0.2, 0.25) is 5.02 Å². The molecule has 3 rings (SSSR count). The van der Waals surface area contributed by atoms with Gasteiger partial charge >= 0.3 is 11.7 Å². The third-order valence-electron chi connectivity index (χ3n) is 3.90. The third-order valence-corrected chi connectivity index (χ3v) is 5.29. The second kappa shape index (κ2) is 7.94. The van der Waals surface area contributed by atoms with Crippen LogP contribution in [0.3, 0.4) is 0 Å². The molecule has 2 N–H and O–H groups in total. The van der Waals surface area contributed by atoms with E-state index in [1.807, 2.05) is 0 Å². The normalized spacial score (nSPS) is 16.6. The molecule has 0 aromatic heterocycles. The van der Waals surface area contributed by atoms with Crippen molar-refractivity contribution in [2.24, 2.45) is 4.99 Å². The van der Waals surface area contributed by atoms with Crippen LogP contribution in [0, 0.1) is 10.1 Å². The molecule has 2 aromatic rings. The largest absolute Gasteiger partial charge is 0.502 e. The number of thioether (sulfide) groups is 1. The third kappa shape index (κ3) is 4.23. The van der Waals surface area contributed by atoms with Crippen molar-refractivity contribution in [3.8, 4) is 5.75 Å². The Balaban J connectivity index is 1.94. The number of amides is 1. The number of aliphatic imine (C=N–C) groups is 1. The first-order chi connectivity index (χ1) is 13.7. The monoisotopic (exact) mass is 433 g/mol. The van der Waals surface area contributed by atoms with Gasteiger partial charge in [0, 0.05) is 13.1 Å². The summed E-state index contributed by atoms with van der Waals surface area (Å²) in [5, 5.41) is 30.0. The van der Waals surface area contributed by atoms with Gasteiger partial charge in [0.2, 0.25) is 0 Å². The molecule has 1 fully saturated rings. The van der Waals surface area contributed by atoms with Gasteiger partial charge in [0.15, 0.2) is 10.9 Å². The molecule has 148 valence electrons. The van der Waals surface area contributed by atoms with Crippen LogP contribution >= 0.6 is 23.4 Å². The Kier molecular flexibility index (Phi) is 5.57. The zero-order valence-corrected chi connectivity index (χ0v) is 16.3. The van der Waals surface area contributed by atoms with Crippen molar-refractivity contribution in [3.05, 3.63) is 67.6 Å². The van der Waals surface area contributed by atoms with Crippen LogP contribution in [0.4, 0.5) is 11.4 Å². The van der Waals surface area contributed by atoms with Crippen molar-refractivity contribution in [1.29, 1.82) is 0 Å². The number of nitro groups is 1. The summed E-state index contributed by atoms with van der Waals surface area (Å²) >= 11 is 6.87. The Hall–Kier alpha value is -3.37. The van der Waals surface area contributed by atoms with Gasteiger partial charge in [0.05, 0.1) is 26.1 Å². The summed E-state index contributed by atoms with van der Waals surface area (Å²) in [5.41, 5.74) is 0.0761. The van der Waals surface area contributed by atoms with Crippen molar-refractivity contribution in [2.45, 2.75) is 0 Å². The van der Waals surface area contributed by atoms with Gasteiger partial charge in [-0.15, -0.1) is 0 Å². The molecule has 0 atom stereocenters. The quantitative estimate of drug-likeness (QED) is 0.424. The average Bonchev–Trinajstić information content (AvgIpc) is 2.92. The second-order valence-electron chi connectivity index (χ2n) is 5.84. The number of aromatic hydroxyl groups is 1. The van der Waals surface area contributed by atoms with Gasteiger partial charge in [-0.2, -0.15) is 0 Å². The molecule has 1 heterocycles. The Morgan fingerprint density at radius 2 is 2.03 bits per heavy atom. The lowest BCUT2D eigenvalue weighted by molar-refractivity contribution is -0.385. The van der Waals surface area contributed by atoms with E-state index in [4.69, 9.17) is 16.7 Å². The van der Waals surface area contributed by atoms with Crippen LogP contribution in [0.1, 0.15) is 15.9 Å². The number of carboxylic acid groups (broad SMARTS) is 1. The van der Waals surface area contributed by atoms with Crippen molar-refractivity contribution < 1.29 is 24.7 Å². The number of rotatable bonds is 4. The van der Waals surface area contributed by atoms with E-state index in [2.05, 4.69) is 4.99 Å². The number of amidine groups is 1. The van der Waals surface area contributed by atoms with E-state index >= 15 is 0 Å². The number of likely N-dealkylation sites (N-methyl/N-ethyl adjacent to an activating group) is 1. The molecule has 0 radical (unpaired) electrons. The molecular weight excluding hydrogens is 422 g/mol. The number of carbonyl (C=O) groups excluding carboxylic acids is 1. The Morgan fingerprint density at radius 1 is 1.31 bits per heavy atom. The Bertz CT molecular complexity index is 1110. The van der Waals surface area contributed by atoms with Gasteiger partial charge in [-0.05, 0) is 47.7 Å². The van der Waals surface area contributed by atoms with E-state index in [0.717, 1.165) is 17.8 Å². The van der Waals surface area contributed by atoms with E-state index in [1.165, 1.54) is 48.4 Å². The second-order valence-corrected chi connectivity index (χ2v) is 7.26. The number of phenols is 1. The lowest BCUT2D eigenvalue weighted by Gasteiger charge is -2.07. The molecule has 11 heteroatoms. The first-order valence-corrected chi connectivity index (χ1v) is 9.13. The number of carboxylic acids is 1. The van der Waals surface area contributed by atoms with Crippen molar-refractivity contribution in [2.75, 3.05) is 7.05 Å². The van der Waals surface area contributed by atoms with Crippen molar-refractivity contribution in [1.82, 2.24) is 4.90 Å². The number of benzene rings is 2. The van der Waals surface area contributed by atoms with Crippen molar-refractivity contribution in [3.63, 3.8) is 0 Å². The molecule has 1 aliphatic heterocycles. The summed E-state index contributed by atoms with van der Waals surface area (Å²) in [5.74, 6) is -2.05. The highest BCUT2D eigenvalue weighted by Gasteiger charge is 2.30. The summed E-state index contributed by atoms with van der Waals surface area (Å²) in [6.45, 7) is 0. The molecule has 0 aliphatic carbocycles. The summed E-state index contributed by atoms with van der Waals surface area (Å²) < 4.78 is 0. The van der Waals surface area contributed by atoms with E-state index in [-0.39, 0.29) is 21.4 Å². The fraction of sp³-hybridized carbons (Fsp3) is 0.0556. The molecule has 2 aromatic carbocycles. The highest BCUT2D eigenvalue weighted by atomic mass is 35.5. The van der Waals surface area contributed by atoms with Gasteiger partial charge in [-0.3, -0.25) is 19.8 Å². The number of aromatic carboxylic acids is 1. The predicted molar refractivity (Wildman–Crippen MR) is 109 cm³/mol. The van der Waals surface area contributed by atoms with Crippen LogP contribution in [0.5, 0.6) is 5.75 Å². The molecule has 1 aliphatic rings. The standard InChI is InChI=1S/C18H12ClN3O6S/c1-21-16(24)15(7-9-2-5-14(23)13(6-9)22(27)28)29-18(21)20-10-3-4-12(19)11(8-10)17(25)26/h2-8,23H,1H3,(H,25,26). The van der Waals surface area contributed by atoms with Gasteiger partial charge < -0.3 is 10.2 Å². The van der Waals surface area contributed by atoms with Gasteiger partial charge in [-0.1, -0.05) is 17.7 Å². The first kappa shape index (κ1) is 20.4. The zero-order chi connectivity index (χ0) is 21.3. The number of phenolic OH excluding ortho intramolecular Hbond substituents is 1. The highest BCUT2D eigenvalue weighted by molar-refractivity contribution is 8.18. The van der Waals surface area contributed by atoms with E-state index < -0.39 is 22.3 Å². The minimum atomic E-state index is -1.20. The van der Waals surface area contributed by atoms with Gasteiger partial charge in [0.25, 0.3) is 5.91 Å². The minimum Gasteiger partial charge on any atom is -0.502 e. The molecule has 0 saturated carbocycles. The Labute approximate surface area is 173 Å². The number of carbonyl (C=O) groups is 2. The van der Waals surface area contributed by atoms with Crippen LogP contribution in [-0.2, 0) is 4.79 Å². The maximum Gasteiger partial charge on any atom is 0.337 e. The SMILES string of the molecule is CN1C(=O)C(=Cc2ccc(O)c([N+](=O)[O-])c2)SC1=Nc1ccc(Cl)c(C(=O)O)c1. The van der Waals surface area contributed by atoms with E-state index in [1.54, 1.807) is 0 Å². The van der Waals surface area contributed by atoms with Crippen LogP contribution in [-0.4, -0.2) is 44.1 Å². The van der Waals surface area contributed by atoms with Gasteiger partial charge in [-0.25, -0.2) is 9.79 Å². The lowest BCUT2D eigenvalue weighted by Crippen LogP contribution is -2.23. The smallest absolute Gasteiger partial charge is 0.337 e. The summed E-state index contributed by atoms with van der Waals surface area (Å²) in [4.78, 5) is 39.8. The number of hydrogen-bond donors (Lipinski definition) is 2. The maximum absolute atomic E-state index is 12.5. The molecule has 0 bridgehead atoms. The zero-order valence-electron chi connectivity index (χ0n) is 14.7. The van der Waals surface area contributed by atoms with Gasteiger partial charge in [0.1, 0.15) is 0 Å². The molecular formula is C18H12ClN3O6S. The Morgan fingerprint density at radius 3 is 2.69 bits per heavy atom.